The number of allylic oxidation sites excluding steroid dienone is 6. The van der Waals surface area contributed by atoms with Crippen molar-refractivity contribution in [3.63, 3.8) is 0 Å². The molecule has 0 saturated carbocycles. The quantitative estimate of drug-likeness (QED) is 0.414. The minimum absolute atomic E-state index is 0.0331. The minimum Gasteiger partial charge on any atom is -0.288 e. The lowest BCUT2D eigenvalue weighted by atomic mass is 10.1. The van der Waals surface area contributed by atoms with Crippen LogP contribution in [0.5, 0.6) is 0 Å². The smallest absolute Gasteiger partial charge is 0.202 e. The van der Waals surface area contributed by atoms with Crippen LogP contribution in [0.1, 0.15) is 27.1 Å². The van der Waals surface area contributed by atoms with Crippen molar-refractivity contribution < 1.29 is 9.59 Å². The average Bonchev–Trinajstić information content (AvgIpc) is 3.48. The summed E-state index contributed by atoms with van der Waals surface area (Å²) >= 11 is 2.81. The molecular weight excluding hydrogens is 372 g/mol. The number of ketones is 2. The lowest BCUT2D eigenvalue weighted by Gasteiger charge is -1.98. The molecule has 2 aliphatic heterocycles. The standard InChI is InChI=1S/C16H8O2S2.C7H8/c17-13-9-5-1-3-7-11(9)19-15(13)16-14(18)10-6-2-4-8-12(10)20-16;1-2-7-4-3-6(1)5-7/h1-8H;1-4,6-7H,5H2/b16-15-;. The first-order valence-electron chi connectivity index (χ1n) is 8.95. The molecule has 0 unspecified atom stereocenters. The highest BCUT2D eigenvalue weighted by atomic mass is 32.2. The van der Waals surface area contributed by atoms with Gasteiger partial charge in [0.2, 0.25) is 11.6 Å². The van der Waals surface area contributed by atoms with Gasteiger partial charge in [-0.1, -0.05) is 72.1 Å². The lowest BCUT2D eigenvalue weighted by Crippen LogP contribution is -2.01. The van der Waals surface area contributed by atoms with Gasteiger partial charge in [-0.25, -0.2) is 0 Å². The third-order valence-electron chi connectivity index (χ3n) is 5.06. The molecule has 2 heterocycles. The van der Waals surface area contributed by atoms with Crippen molar-refractivity contribution >= 4 is 35.1 Å². The van der Waals surface area contributed by atoms with Crippen LogP contribution in [0.4, 0.5) is 0 Å². The molecule has 132 valence electrons. The van der Waals surface area contributed by atoms with Gasteiger partial charge in [0.05, 0.1) is 9.81 Å². The van der Waals surface area contributed by atoms with E-state index in [9.17, 15) is 9.59 Å². The molecule has 0 fully saturated rings. The lowest BCUT2D eigenvalue weighted by molar-refractivity contribution is 0.101. The van der Waals surface area contributed by atoms with Crippen molar-refractivity contribution in [1.82, 2.24) is 0 Å². The number of thioether (sulfide) groups is 2. The largest absolute Gasteiger partial charge is 0.288 e. The zero-order chi connectivity index (χ0) is 18.4. The summed E-state index contributed by atoms with van der Waals surface area (Å²) in [7, 11) is 0. The van der Waals surface area contributed by atoms with Crippen LogP contribution in [0.15, 0.2) is 92.4 Å². The number of carbonyl (C=O) groups is 2. The Hall–Kier alpha value is -2.30. The molecule has 2 aromatic carbocycles. The van der Waals surface area contributed by atoms with E-state index >= 15 is 0 Å². The Labute approximate surface area is 166 Å². The summed E-state index contributed by atoms with van der Waals surface area (Å²) in [6.45, 7) is 0. The molecule has 0 N–H and O–H groups in total. The summed E-state index contributed by atoms with van der Waals surface area (Å²) in [6, 6.07) is 15.0. The van der Waals surface area contributed by atoms with Gasteiger partial charge in [-0.2, -0.15) is 0 Å². The fourth-order valence-corrected chi connectivity index (χ4v) is 5.97. The van der Waals surface area contributed by atoms with Crippen molar-refractivity contribution in [3.8, 4) is 0 Å². The predicted molar refractivity (Wildman–Crippen MR) is 110 cm³/mol. The maximum absolute atomic E-state index is 12.4. The molecule has 0 spiro atoms. The molecule has 27 heavy (non-hydrogen) atoms. The Morgan fingerprint density at radius 2 is 1.04 bits per heavy atom. The number of hydrogen-bond donors (Lipinski definition) is 0. The molecule has 0 saturated heterocycles. The summed E-state index contributed by atoms with van der Waals surface area (Å²) in [5.74, 6) is 1.55. The second kappa shape index (κ2) is 6.70. The number of carbonyl (C=O) groups excluding carboxylic acids is 2. The molecule has 2 bridgehead atoms. The van der Waals surface area contributed by atoms with Crippen LogP contribution in [0.25, 0.3) is 0 Å². The first-order valence-corrected chi connectivity index (χ1v) is 10.6. The van der Waals surface area contributed by atoms with E-state index in [0.717, 1.165) is 21.6 Å². The van der Waals surface area contributed by atoms with Gasteiger partial charge < -0.3 is 0 Å². The highest BCUT2D eigenvalue weighted by Crippen LogP contribution is 2.49. The Bertz CT molecular complexity index is 966. The van der Waals surface area contributed by atoms with Crippen molar-refractivity contribution in [2.75, 3.05) is 0 Å². The van der Waals surface area contributed by atoms with Crippen LogP contribution in [-0.4, -0.2) is 11.6 Å². The molecule has 0 radical (unpaired) electrons. The maximum atomic E-state index is 12.4. The van der Waals surface area contributed by atoms with E-state index in [1.165, 1.54) is 29.9 Å². The van der Waals surface area contributed by atoms with Crippen LogP contribution in [0, 0.1) is 11.8 Å². The SMILES string of the molecule is C1=CC2C=CC1C2.O=C1/C(=C2/Sc3ccccc3C2=O)Sc2ccccc21. The van der Waals surface area contributed by atoms with Gasteiger partial charge in [-0.15, -0.1) is 0 Å². The zero-order valence-corrected chi connectivity index (χ0v) is 16.1. The van der Waals surface area contributed by atoms with Crippen molar-refractivity contribution in [1.29, 1.82) is 0 Å². The van der Waals surface area contributed by atoms with E-state index in [1.807, 2.05) is 48.5 Å². The first-order chi connectivity index (χ1) is 13.2. The van der Waals surface area contributed by atoms with E-state index in [-0.39, 0.29) is 11.6 Å². The second-order valence-electron chi connectivity index (χ2n) is 6.85. The van der Waals surface area contributed by atoms with Gasteiger partial charge in [0, 0.05) is 20.9 Å². The van der Waals surface area contributed by atoms with E-state index in [2.05, 4.69) is 24.3 Å². The average molecular weight is 389 g/mol. The Kier molecular flexibility index (Phi) is 4.18. The number of rotatable bonds is 0. The highest BCUT2D eigenvalue weighted by molar-refractivity contribution is 8.08. The predicted octanol–water partition coefficient (Wildman–Crippen LogP) is 5.92. The van der Waals surface area contributed by atoms with E-state index < -0.39 is 0 Å². The Morgan fingerprint density at radius 1 is 0.630 bits per heavy atom. The monoisotopic (exact) mass is 388 g/mol. The maximum Gasteiger partial charge on any atom is 0.202 e. The number of benzene rings is 2. The van der Waals surface area contributed by atoms with Crippen molar-refractivity contribution in [3.05, 3.63) is 93.8 Å². The molecule has 4 heteroatoms. The first kappa shape index (κ1) is 16.8. The van der Waals surface area contributed by atoms with Gasteiger partial charge in [0.1, 0.15) is 0 Å². The highest BCUT2D eigenvalue weighted by Gasteiger charge is 2.35. The third-order valence-corrected chi connectivity index (χ3v) is 7.53. The Morgan fingerprint density at radius 3 is 1.37 bits per heavy atom. The molecule has 0 amide bonds. The summed E-state index contributed by atoms with van der Waals surface area (Å²) < 4.78 is 0. The van der Waals surface area contributed by atoms with E-state index in [0.29, 0.717) is 20.9 Å². The summed E-state index contributed by atoms with van der Waals surface area (Å²) in [4.78, 5) is 27.9. The topological polar surface area (TPSA) is 34.1 Å². The van der Waals surface area contributed by atoms with Gasteiger partial charge in [-0.05, 0) is 42.5 Å². The molecular formula is C23H16O2S2. The van der Waals surface area contributed by atoms with Gasteiger partial charge in [0.15, 0.2) is 0 Å². The molecule has 6 rings (SSSR count). The van der Waals surface area contributed by atoms with E-state index in [4.69, 9.17) is 0 Å². The van der Waals surface area contributed by atoms with Crippen LogP contribution < -0.4 is 0 Å². The van der Waals surface area contributed by atoms with Gasteiger partial charge in [0.25, 0.3) is 0 Å². The number of fused-ring (bicyclic) bond motifs is 4. The molecule has 2 aromatic rings. The molecule has 2 aliphatic carbocycles. The minimum atomic E-state index is -0.0331. The fourth-order valence-electron chi connectivity index (χ4n) is 3.67. The fraction of sp³-hybridized carbons (Fsp3) is 0.130. The molecule has 0 atom stereocenters. The van der Waals surface area contributed by atoms with Crippen molar-refractivity contribution in [2.24, 2.45) is 11.8 Å². The third kappa shape index (κ3) is 2.93. The number of hydrogen-bond acceptors (Lipinski definition) is 4. The second-order valence-corrected chi connectivity index (χ2v) is 8.95. The van der Waals surface area contributed by atoms with Gasteiger partial charge >= 0.3 is 0 Å². The summed E-state index contributed by atoms with van der Waals surface area (Å²) in [6.07, 6.45) is 10.5. The van der Waals surface area contributed by atoms with Crippen LogP contribution in [0.3, 0.4) is 0 Å². The van der Waals surface area contributed by atoms with Crippen LogP contribution in [-0.2, 0) is 0 Å². The van der Waals surface area contributed by atoms with E-state index in [1.54, 1.807) is 0 Å². The number of Topliss-reactive ketones (excluding diaryl/α,β-unsaturated/α-hetero) is 2. The van der Waals surface area contributed by atoms with Crippen LogP contribution in [0.2, 0.25) is 0 Å². The molecule has 2 nitrogen and oxygen atoms in total. The molecule has 0 aromatic heterocycles. The molecule has 4 aliphatic rings. The van der Waals surface area contributed by atoms with Crippen molar-refractivity contribution in [2.45, 2.75) is 16.2 Å². The Balaban J connectivity index is 0.000000190. The zero-order valence-electron chi connectivity index (χ0n) is 14.4. The van der Waals surface area contributed by atoms with Gasteiger partial charge in [-0.3, -0.25) is 9.59 Å². The van der Waals surface area contributed by atoms with Crippen LogP contribution >= 0.6 is 23.5 Å². The summed E-state index contributed by atoms with van der Waals surface area (Å²) in [5, 5.41) is 0. The summed E-state index contributed by atoms with van der Waals surface area (Å²) in [5.41, 5.74) is 1.40. The normalized spacial score (nSPS) is 26.2.